The third-order valence-corrected chi connectivity index (χ3v) is 5.84. The molecule has 1 aromatic carbocycles. The molecule has 0 radical (unpaired) electrons. The Bertz CT molecular complexity index is 821. The summed E-state index contributed by atoms with van der Waals surface area (Å²) in [5.74, 6) is 0.804. The van der Waals surface area contributed by atoms with Crippen LogP contribution in [-0.4, -0.2) is 30.7 Å². The highest BCUT2D eigenvalue weighted by Gasteiger charge is 2.28. The number of sulfonamides is 1. The van der Waals surface area contributed by atoms with Crippen molar-refractivity contribution in [2.75, 3.05) is 21.9 Å². The van der Waals surface area contributed by atoms with Crippen LogP contribution in [0.4, 0.5) is 11.6 Å². The molecule has 0 saturated carbocycles. The van der Waals surface area contributed by atoms with E-state index in [0.717, 1.165) is 22.5 Å². The second kappa shape index (κ2) is 6.16. The first-order chi connectivity index (χ1) is 11.0. The van der Waals surface area contributed by atoms with Gasteiger partial charge in [-0.2, -0.15) is 0 Å². The van der Waals surface area contributed by atoms with Crippen molar-refractivity contribution >= 4 is 21.7 Å². The highest BCUT2D eigenvalue weighted by molar-refractivity contribution is 7.93. The predicted molar refractivity (Wildman–Crippen MR) is 91.0 cm³/mol. The van der Waals surface area contributed by atoms with E-state index < -0.39 is 10.0 Å². The van der Waals surface area contributed by atoms with Gasteiger partial charge >= 0.3 is 0 Å². The molecule has 0 aliphatic carbocycles. The fraction of sp³-hybridized carbons (Fsp3) is 0.375. The van der Waals surface area contributed by atoms with E-state index in [4.69, 9.17) is 0 Å². The molecule has 0 unspecified atom stereocenters. The van der Waals surface area contributed by atoms with Crippen LogP contribution in [0.15, 0.2) is 30.5 Å². The summed E-state index contributed by atoms with van der Waals surface area (Å²) in [6, 6.07) is 7.57. The zero-order chi connectivity index (χ0) is 16.4. The summed E-state index contributed by atoms with van der Waals surface area (Å²) in [6.45, 7) is 5.02. The van der Waals surface area contributed by atoms with Gasteiger partial charge in [-0.15, -0.1) is 0 Å². The second-order valence-corrected chi connectivity index (χ2v) is 7.74. The molecule has 1 aliphatic heterocycles. The first kappa shape index (κ1) is 15.7. The molecule has 2 heterocycles. The lowest BCUT2D eigenvalue weighted by atomic mass is 10.2. The topological polar surface area (TPSA) is 75.2 Å². The summed E-state index contributed by atoms with van der Waals surface area (Å²) in [6.07, 6.45) is 2.47. The van der Waals surface area contributed by atoms with Gasteiger partial charge in [0.25, 0.3) is 0 Å². The molecule has 0 atom stereocenters. The molecule has 122 valence electrons. The van der Waals surface area contributed by atoms with Gasteiger partial charge in [0, 0.05) is 25.0 Å². The summed E-state index contributed by atoms with van der Waals surface area (Å²) >= 11 is 0. The van der Waals surface area contributed by atoms with E-state index >= 15 is 0 Å². The molecule has 23 heavy (non-hydrogen) atoms. The SMILES string of the molecule is Cc1cnc(NCc2cccc(N3CCCS3(=O)=O)c2)nc1C. The minimum absolute atomic E-state index is 0.228. The Balaban J connectivity index is 1.74. The van der Waals surface area contributed by atoms with E-state index in [1.165, 1.54) is 4.31 Å². The van der Waals surface area contributed by atoms with E-state index in [0.29, 0.717) is 25.5 Å². The lowest BCUT2D eigenvalue weighted by molar-refractivity contribution is 0.599. The van der Waals surface area contributed by atoms with E-state index in [9.17, 15) is 8.42 Å². The first-order valence-electron chi connectivity index (χ1n) is 7.59. The maximum atomic E-state index is 12.0. The van der Waals surface area contributed by atoms with Crippen molar-refractivity contribution < 1.29 is 8.42 Å². The summed E-state index contributed by atoms with van der Waals surface area (Å²) in [5, 5.41) is 3.18. The van der Waals surface area contributed by atoms with Gasteiger partial charge in [-0.1, -0.05) is 12.1 Å². The number of nitrogens with one attached hydrogen (secondary N) is 1. The summed E-state index contributed by atoms with van der Waals surface area (Å²) in [4.78, 5) is 8.63. The van der Waals surface area contributed by atoms with Gasteiger partial charge in [0.15, 0.2) is 0 Å². The largest absolute Gasteiger partial charge is 0.350 e. The van der Waals surface area contributed by atoms with Crippen LogP contribution in [0.25, 0.3) is 0 Å². The predicted octanol–water partition coefficient (Wildman–Crippen LogP) is 2.25. The fourth-order valence-electron chi connectivity index (χ4n) is 2.54. The Kier molecular flexibility index (Phi) is 4.21. The molecule has 3 rings (SSSR count). The van der Waals surface area contributed by atoms with Crippen molar-refractivity contribution in [2.45, 2.75) is 26.8 Å². The molecule has 1 N–H and O–H groups in total. The zero-order valence-electron chi connectivity index (χ0n) is 13.3. The minimum Gasteiger partial charge on any atom is -0.350 e. The number of aromatic nitrogens is 2. The van der Waals surface area contributed by atoms with Crippen molar-refractivity contribution in [1.82, 2.24) is 9.97 Å². The minimum atomic E-state index is -3.15. The fourth-order valence-corrected chi connectivity index (χ4v) is 4.10. The normalized spacial score (nSPS) is 16.5. The molecular weight excluding hydrogens is 312 g/mol. The molecule has 1 saturated heterocycles. The summed E-state index contributed by atoms with van der Waals surface area (Å²) < 4.78 is 25.5. The number of hydrogen-bond donors (Lipinski definition) is 1. The molecule has 0 spiro atoms. The van der Waals surface area contributed by atoms with Gasteiger partial charge in [0.2, 0.25) is 16.0 Å². The van der Waals surface area contributed by atoms with Crippen LogP contribution in [0.5, 0.6) is 0 Å². The molecule has 1 aliphatic rings. The van der Waals surface area contributed by atoms with Gasteiger partial charge in [-0.05, 0) is 43.5 Å². The van der Waals surface area contributed by atoms with Crippen molar-refractivity contribution in [2.24, 2.45) is 0 Å². The van der Waals surface area contributed by atoms with Gasteiger partial charge in [-0.3, -0.25) is 4.31 Å². The van der Waals surface area contributed by atoms with E-state index in [2.05, 4.69) is 15.3 Å². The third kappa shape index (κ3) is 3.44. The van der Waals surface area contributed by atoms with Gasteiger partial charge in [0.05, 0.1) is 11.4 Å². The van der Waals surface area contributed by atoms with E-state index in [-0.39, 0.29) is 5.75 Å². The summed E-state index contributed by atoms with van der Waals surface area (Å²) in [7, 11) is -3.15. The zero-order valence-corrected chi connectivity index (χ0v) is 14.1. The van der Waals surface area contributed by atoms with Crippen LogP contribution in [0, 0.1) is 13.8 Å². The van der Waals surface area contributed by atoms with Crippen LogP contribution >= 0.6 is 0 Å². The Morgan fingerprint density at radius 2 is 2.13 bits per heavy atom. The molecular formula is C16H20N4O2S. The lowest BCUT2D eigenvalue weighted by Gasteiger charge is -2.17. The average Bonchev–Trinajstić information content (AvgIpc) is 2.88. The number of hydrogen-bond acceptors (Lipinski definition) is 5. The average molecular weight is 332 g/mol. The highest BCUT2D eigenvalue weighted by atomic mass is 32.2. The maximum absolute atomic E-state index is 12.0. The lowest BCUT2D eigenvalue weighted by Crippen LogP contribution is -2.25. The van der Waals surface area contributed by atoms with Crippen LogP contribution in [0.1, 0.15) is 23.2 Å². The number of benzene rings is 1. The molecule has 0 bridgehead atoms. The van der Waals surface area contributed by atoms with E-state index in [1.807, 2.05) is 38.1 Å². The number of aryl methyl sites for hydroxylation is 2. The molecule has 2 aromatic rings. The molecule has 1 fully saturated rings. The van der Waals surface area contributed by atoms with Crippen LogP contribution in [0.2, 0.25) is 0 Å². The Morgan fingerprint density at radius 1 is 1.30 bits per heavy atom. The van der Waals surface area contributed by atoms with Gasteiger partial charge in [0.1, 0.15) is 0 Å². The maximum Gasteiger partial charge on any atom is 0.235 e. The molecule has 0 amide bonds. The molecule has 1 aromatic heterocycles. The van der Waals surface area contributed by atoms with E-state index in [1.54, 1.807) is 6.20 Å². The van der Waals surface area contributed by atoms with Crippen molar-refractivity contribution in [1.29, 1.82) is 0 Å². The molecule has 6 nitrogen and oxygen atoms in total. The van der Waals surface area contributed by atoms with Crippen molar-refractivity contribution in [3.8, 4) is 0 Å². The first-order valence-corrected chi connectivity index (χ1v) is 9.20. The Hall–Kier alpha value is -2.15. The van der Waals surface area contributed by atoms with Crippen molar-refractivity contribution in [3.63, 3.8) is 0 Å². The Labute approximate surface area is 136 Å². The molecule has 7 heteroatoms. The van der Waals surface area contributed by atoms with Gasteiger partial charge < -0.3 is 5.32 Å². The second-order valence-electron chi connectivity index (χ2n) is 5.73. The quantitative estimate of drug-likeness (QED) is 0.929. The smallest absolute Gasteiger partial charge is 0.235 e. The third-order valence-electron chi connectivity index (χ3n) is 3.97. The van der Waals surface area contributed by atoms with Crippen molar-refractivity contribution in [3.05, 3.63) is 47.3 Å². The van der Waals surface area contributed by atoms with Crippen LogP contribution in [-0.2, 0) is 16.6 Å². The highest BCUT2D eigenvalue weighted by Crippen LogP contribution is 2.24. The Morgan fingerprint density at radius 3 is 2.83 bits per heavy atom. The number of nitrogens with zero attached hydrogens (tertiary/aromatic N) is 3. The standard InChI is InChI=1S/C16H20N4O2S/c1-12-10-17-16(19-13(12)2)18-11-14-5-3-6-15(9-14)20-7-4-8-23(20,21)22/h3,5-6,9-10H,4,7-8,11H2,1-2H3,(H,17,18,19). The van der Waals surface area contributed by atoms with Crippen LogP contribution in [0.3, 0.4) is 0 Å². The summed E-state index contributed by atoms with van der Waals surface area (Å²) in [5.41, 5.74) is 3.71. The monoisotopic (exact) mass is 332 g/mol. The number of rotatable bonds is 4. The number of anilines is 2. The van der Waals surface area contributed by atoms with Gasteiger partial charge in [-0.25, -0.2) is 18.4 Å². The van der Waals surface area contributed by atoms with Crippen LogP contribution < -0.4 is 9.62 Å².